The predicted molar refractivity (Wildman–Crippen MR) is 29.7 cm³/mol. The molecular weight excluding hydrogens is 122 g/mol. The minimum atomic E-state index is -0.809. The maximum atomic E-state index is 10.5. The van der Waals surface area contributed by atoms with Crippen molar-refractivity contribution in [1.29, 1.82) is 0 Å². The number of β-lactam (4-membered cyclic amide) rings is 1. The lowest BCUT2D eigenvalue weighted by atomic mass is 10.1. The first-order valence-corrected chi connectivity index (χ1v) is 2.83. The van der Waals surface area contributed by atoms with Crippen molar-refractivity contribution in [2.45, 2.75) is 6.10 Å². The lowest BCUT2D eigenvalue weighted by Gasteiger charge is -2.34. The van der Waals surface area contributed by atoms with Crippen molar-refractivity contribution in [2.75, 3.05) is 19.7 Å². The Morgan fingerprint density at radius 2 is 2.44 bits per heavy atom. The van der Waals surface area contributed by atoms with E-state index in [2.05, 4.69) is 0 Å². The molecule has 1 amide bonds. The Hall–Kier alpha value is -0.610. The molecule has 1 rings (SSSR count). The molecule has 0 aliphatic carbocycles. The maximum absolute atomic E-state index is 10.5. The van der Waals surface area contributed by atoms with Crippen LogP contribution in [-0.2, 0) is 4.79 Å². The van der Waals surface area contributed by atoms with Crippen LogP contribution in [0.2, 0.25) is 0 Å². The summed E-state index contributed by atoms with van der Waals surface area (Å²) >= 11 is 0. The number of carbonyl (C=O) groups excluding carboxylic acids is 1. The fraction of sp³-hybridized carbons (Fsp3) is 0.800. The van der Waals surface area contributed by atoms with Crippen LogP contribution in [0.25, 0.3) is 0 Å². The van der Waals surface area contributed by atoms with Gasteiger partial charge in [0, 0.05) is 6.54 Å². The summed E-state index contributed by atoms with van der Waals surface area (Å²) in [4.78, 5) is 11.9. The summed E-state index contributed by atoms with van der Waals surface area (Å²) in [6, 6.07) is 0. The molecule has 2 N–H and O–H groups in total. The van der Waals surface area contributed by atoms with E-state index in [1.54, 1.807) is 0 Å². The second kappa shape index (κ2) is 2.33. The van der Waals surface area contributed by atoms with E-state index in [1.807, 2.05) is 0 Å². The number of aliphatic hydroxyl groups excluding tert-OH is 2. The molecule has 1 fully saturated rings. The Bertz CT molecular complexity index is 123. The number of β-amino-alcohol motifs (C(OH)–C–C–N with tert-alkyl or cyclic N) is 2. The SMILES string of the molecule is O=C1C(O)CN1CCO. The van der Waals surface area contributed by atoms with Crippen LogP contribution in [0.1, 0.15) is 0 Å². The van der Waals surface area contributed by atoms with Crippen molar-refractivity contribution in [3.05, 3.63) is 0 Å². The van der Waals surface area contributed by atoms with Gasteiger partial charge in [-0.3, -0.25) is 4.79 Å². The van der Waals surface area contributed by atoms with E-state index in [1.165, 1.54) is 4.90 Å². The molecule has 0 spiro atoms. The summed E-state index contributed by atoms with van der Waals surface area (Å²) < 4.78 is 0. The molecule has 0 bridgehead atoms. The van der Waals surface area contributed by atoms with Gasteiger partial charge in [0.15, 0.2) is 0 Å². The molecule has 1 atom stereocenters. The van der Waals surface area contributed by atoms with Crippen molar-refractivity contribution >= 4 is 5.91 Å². The van der Waals surface area contributed by atoms with Crippen LogP contribution in [0, 0.1) is 0 Å². The smallest absolute Gasteiger partial charge is 0.253 e. The average molecular weight is 131 g/mol. The Kier molecular flexibility index (Phi) is 1.68. The number of nitrogens with zero attached hydrogens (tertiary/aromatic N) is 1. The van der Waals surface area contributed by atoms with E-state index in [0.29, 0.717) is 13.1 Å². The average Bonchev–Trinajstić information content (AvgIpc) is 1.88. The Morgan fingerprint density at radius 1 is 1.78 bits per heavy atom. The van der Waals surface area contributed by atoms with Crippen molar-refractivity contribution in [2.24, 2.45) is 0 Å². The molecule has 1 heterocycles. The summed E-state index contributed by atoms with van der Waals surface area (Å²) in [5.74, 6) is -0.274. The predicted octanol–water partition coefficient (Wildman–Crippen LogP) is -1.82. The lowest BCUT2D eigenvalue weighted by molar-refractivity contribution is -0.156. The molecule has 1 saturated heterocycles. The molecule has 9 heavy (non-hydrogen) atoms. The van der Waals surface area contributed by atoms with Crippen LogP contribution >= 0.6 is 0 Å². The van der Waals surface area contributed by atoms with Crippen LogP contribution in [-0.4, -0.2) is 46.8 Å². The highest BCUT2D eigenvalue weighted by Gasteiger charge is 2.33. The van der Waals surface area contributed by atoms with Crippen LogP contribution in [0.5, 0.6) is 0 Å². The number of rotatable bonds is 2. The molecule has 0 aromatic carbocycles. The van der Waals surface area contributed by atoms with Crippen molar-refractivity contribution < 1.29 is 15.0 Å². The second-order valence-electron chi connectivity index (χ2n) is 2.02. The van der Waals surface area contributed by atoms with E-state index < -0.39 is 6.10 Å². The van der Waals surface area contributed by atoms with E-state index in [4.69, 9.17) is 10.2 Å². The van der Waals surface area contributed by atoms with Crippen LogP contribution in [0.3, 0.4) is 0 Å². The van der Waals surface area contributed by atoms with Gasteiger partial charge in [0.1, 0.15) is 6.10 Å². The van der Waals surface area contributed by atoms with Crippen molar-refractivity contribution in [1.82, 2.24) is 4.90 Å². The van der Waals surface area contributed by atoms with Gasteiger partial charge in [-0.2, -0.15) is 0 Å². The molecule has 1 aliphatic rings. The summed E-state index contributed by atoms with van der Waals surface area (Å²) in [7, 11) is 0. The molecule has 1 aliphatic heterocycles. The number of hydrogen-bond acceptors (Lipinski definition) is 3. The number of hydrogen-bond donors (Lipinski definition) is 2. The first kappa shape index (κ1) is 6.51. The van der Waals surface area contributed by atoms with E-state index >= 15 is 0 Å². The standard InChI is InChI=1S/C5H9NO3/c7-2-1-6-3-4(8)5(6)9/h4,7-8H,1-3H2. The highest BCUT2D eigenvalue weighted by atomic mass is 16.3. The van der Waals surface area contributed by atoms with E-state index in [9.17, 15) is 4.79 Å². The fourth-order valence-electron chi connectivity index (χ4n) is 0.797. The highest BCUT2D eigenvalue weighted by Crippen LogP contribution is 2.07. The molecule has 4 nitrogen and oxygen atoms in total. The molecule has 0 aromatic heterocycles. The molecule has 0 saturated carbocycles. The summed E-state index contributed by atoms with van der Waals surface area (Å²) in [6.07, 6.45) is -0.809. The zero-order chi connectivity index (χ0) is 6.85. The first-order chi connectivity index (χ1) is 4.25. The van der Waals surface area contributed by atoms with Crippen LogP contribution in [0.4, 0.5) is 0 Å². The van der Waals surface area contributed by atoms with E-state index in [0.717, 1.165) is 0 Å². The Labute approximate surface area is 52.7 Å². The van der Waals surface area contributed by atoms with Gasteiger partial charge in [0.25, 0.3) is 5.91 Å². The van der Waals surface area contributed by atoms with Gasteiger partial charge >= 0.3 is 0 Å². The fourth-order valence-corrected chi connectivity index (χ4v) is 0.797. The minimum absolute atomic E-state index is 0.0293. The summed E-state index contributed by atoms with van der Waals surface area (Å²) in [6.45, 7) is 0.688. The molecule has 0 radical (unpaired) electrons. The van der Waals surface area contributed by atoms with Crippen molar-refractivity contribution in [3.8, 4) is 0 Å². The van der Waals surface area contributed by atoms with E-state index in [-0.39, 0.29) is 12.5 Å². The van der Waals surface area contributed by atoms with Crippen LogP contribution < -0.4 is 0 Å². The van der Waals surface area contributed by atoms with Gasteiger partial charge in [-0.15, -0.1) is 0 Å². The third-order valence-electron chi connectivity index (χ3n) is 1.36. The zero-order valence-corrected chi connectivity index (χ0v) is 4.95. The number of amides is 1. The first-order valence-electron chi connectivity index (χ1n) is 2.83. The van der Waals surface area contributed by atoms with Gasteiger partial charge in [-0.25, -0.2) is 0 Å². The summed E-state index contributed by atoms with van der Waals surface area (Å²) in [5.41, 5.74) is 0. The molecule has 52 valence electrons. The monoisotopic (exact) mass is 131 g/mol. The number of aliphatic hydroxyl groups is 2. The molecule has 0 aromatic rings. The quantitative estimate of drug-likeness (QED) is 0.434. The zero-order valence-electron chi connectivity index (χ0n) is 4.95. The highest BCUT2D eigenvalue weighted by molar-refractivity contribution is 5.86. The third-order valence-corrected chi connectivity index (χ3v) is 1.36. The summed E-state index contributed by atoms with van der Waals surface area (Å²) in [5, 5.41) is 17.0. The van der Waals surface area contributed by atoms with Gasteiger partial charge in [0.2, 0.25) is 0 Å². The van der Waals surface area contributed by atoms with Gasteiger partial charge in [-0.1, -0.05) is 0 Å². The van der Waals surface area contributed by atoms with Gasteiger partial charge < -0.3 is 15.1 Å². The third kappa shape index (κ3) is 1.04. The van der Waals surface area contributed by atoms with Gasteiger partial charge in [0.05, 0.1) is 13.2 Å². The molecule has 1 unspecified atom stereocenters. The largest absolute Gasteiger partial charge is 0.395 e. The lowest BCUT2D eigenvalue weighted by Crippen LogP contribution is -2.57. The van der Waals surface area contributed by atoms with Gasteiger partial charge in [-0.05, 0) is 0 Å². The number of likely N-dealkylation sites (tertiary alicyclic amines) is 1. The minimum Gasteiger partial charge on any atom is -0.395 e. The van der Waals surface area contributed by atoms with Crippen LogP contribution in [0.15, 0.2) is 0 Å². The topological polar surface area (TPSA) is 60.8 Å². The molecule has 4 heteroatoms. The maximum Gasteiger partial charge on any atom is 0.253 e. The molecular formula is C5H9NO3. The number of carbonyl (C=O) groups is 1. The Morgan fingerprint density at radius 3 is 2.78 bits per heavy atom. The normalized spacial score (nSPS) is 26.2. The van der Waals surface area contributed by atoms with Crippen molar-refractivity contribution in [3.63, 3.8) is 0 Å². The Balaban J connectivity index is 2.25. The second-order valence-corrected chi connectivity index (χ2v) is 2.02.